The molecule has 2 N–H and O–H groups in total. The molecule has 1 aliphatic rings. The number of aliphatic hydroxyl groups is 1. The predicted molar refractivity (Wildman–Crippen MR) is 76.7 cm³/mol. The highest BCUT2D eigenvalue weighted by Gasteiger charge is 2.27. The zero-order chi connectivity index (χ0) is 13.9. The van der Waals surface area contributed by atoms with E-state index in [1.165, 1.54) is 0 Å². The van der Waals surface area contributed by atoms with Gasteiger partial charge in [0.05, 0.1) is 17.9 Å². The Balaban J connectivity index is 1.60. The van der Waals surface area contributed by atoms with E-state index in [2.05, 4.69) is 15.5 Å². The molecule has 2 atom stereocenters. The molecule has 5 nitrogen and oxygen atoms in total. The molecular weight excluding hydrogens is 298 g/mol. The van der Waals surface area contributed by atoms with Gasteiger partial charge in [-0.15, -0.1) is 11.8 Å². The number of halogens is 1. The molecule has 0 radical (unpaired) electrons. The molecule has 0 amide bonds. The quantitative estimate of drug-likeness (QED) is 0.845. The number of hydrogen-bond donors (Lipinski definition) is 2. The Morgan fingerprint density at radius 1 is 1.50 bits per heavy atom. The van der Waals surface area contributed by atoms with Crippen molar-refractivity contribution < 1.29 is 9.63 Å². The number of nitrogens with zero attached hydrogens (tertiary/aromatic N) is 2. The second-order valence-corrected chi connectivity index (χ2v) is 6.13. The summed E-state index contributed by atoms with van der Waals surface area (Å²) >= 11 is 7.54. The molecule has 106 valence electrons. The number of hydrogen-bond acceptors (Lipinski definition) is 6. The molecule has 1 aromatic carbocycles. The van der Waals surface area contributed by atoms with Crippen molar-refractivity contribution in [1.82, 2.24) is 15.5 Å². The van der Waals surface area contributed by atoms with Crippen LogP contribution in [-0.4, -0.2) is 27.9 Å². The van der Waals surface area contributed by atoms with Crippen LogP contribution in [0, 0.1) is 0 Å². The number of rotatable bonds is 4. The third-order valence-electron chi connectivity index (χ3n) is 3.05. The highest BCUT2D eigenvalue weighted by molar-refractivity contribution is 7.98. The zero-order valence-corrected chi connectivity index (χ0v) is 12.2. The first-order valence-electron chi connectivity index (χ1n) is 6.33. The molecule has 0 saturated carbocycles. The van der Waals surface area contributed by atoms with Crippen LogP contribution in [0.15, 0.2) is 33.7 Å². The summed E-state index contributed by atoms with van der Waals surface area (Å²) < 4.78 is 5.23. The second-order valence-electron chi connectivity index (χ2n) is 4.65. The van der Waals surface area contributed by atoms with Gasteiger partial charge in [0.25, 0.3) is 0 Å². The molecule has 3 rings (SSSR count). The van der Waals surface area contributed by atoms with Gasteiger partial charge in [-0.1, -0.05) is 22.8 Å². The smallest absolute Gasteiger partial charge is 0.243 e. The SMILES string of the molecule is O[C@H]1CN[C@@H](c2nc(CSc3cccc(Cl)c3)no2)C1. The van der Waals surface area contributed by atoms with Crippen molar-refractivity contribution in [2.45, 2.75) is 29.2 Å². The average molecular weight is 312 g/mol. The Kier molecular flexibility index (Phi) is 4.26. The second kappa shape index (κ2) is 6.13. The number of benzene rings is 1. The first kappa shape index (κ1) is 13.9. The Hall–Kier alpha value is -1.08. The van der Waals surface area contributed by atoms with Gasteiger partial charge < -0.3 is 14.9 Å². The van der Waals surface area contributed by atoms with Crippen molar-refractivity contribution in [3.05, 3.63) is 41.0 Å². The van der Waals surface area contributed by atoms with Gasteiger partial charge in [-0.05, 0) is 24.6 Å². The van der Waals surface area contributed by atoms with Gasteiger partial charge in [0.15, 0.2) is 5.82 Å². The molecule has 2 heterocycles. The molecule has 1 fully saturated rings. The van der Waals surface area contributed by atoms with Gasteiger partial charge in [0.2, 0.25) is 5.89 Å². The van der Waals surface area contributed by atoms with Crippen LogP contribution >= 0.6 is 23.4 Å². The van der Waals surface area contributed by atoms with Crippen LogP contribution in [0.2, 0.25) is 5.02 Å². The number of aliphatic hydroxyl groups excluding tert-OH is 1. The lowest BCUT2D eigenvalue weighted by atomic mass is 10.2. The maximum atomic E-state index is 9.48. The van der Waals surface area contributed by atoms with E-state index in [0.29, 0.717) is 35.5 Å². The summed E-state index contributed by atoms with van der Waals surface area (Å²) in [4.78, 5) is 5.43. The van der Waals surface area contributed by atoms with E-state index < -0.39 is 0 Å². The standard InChI is InChI=1S/C13H14ClN3O2S/c14-8-2-1-3-10(4-8)20-7-12-16-13(19-17-12)11-5-9(18)6-15-11/h1-4,9,11,15,18H,5-7H2/t9-,11-/m1/s1. The Bertz CT molecular complexity index is 593. The lowest BCUT2D eigenvalue weighted by Crippen LogP contribution is -2.15. The minimum absolute atomic E-state index is 0.0394. The van der Waals surface area contributed by atoms with E-state index in [0.717, 1.165) is 4.90 Å². The summed E-state index contributed by atoms with van der Waals surface area (Å²) in [5.74, 6) is 1.82. The number of β-amino-alcohol motifs (C(OH)–C–C–N with tert-alkyl or cyclic N) is 1. The van der Waals surface area contributed by atoms with Gasteiger partial charge in [-0.25, -0.2) is 0 Å². The Morgan fingerprint density at radius 2 is 2.40 bits per heavy atom. The van der Waals surface area contributed by atoms with E-state index in [4.69, 9.17) is 16.1 Å². The molecular formula is C13H14ClN3O2S. The van der Waals surface area contributed by atoms with Crippen molar-refractivity contribution in [3.8, 4) is 0 Å². The molecule has 1 aliphatic heterocycles. The average Bonchev–Trinajstić information content (AvgIpc) is 3.05. The van der Waals surface area contributed by atoms with Crippen molar-refractivity contribution in [3.63, 3.8) is 0 Å². The molecule has 0 unspecified atom stereocenters. The third-order valence-corrected chi connectivity index (χ3v) is 4.28. The monoisotopic (exact) mass is 311 g/mol. The van der Waals surface area contributed by atoms with Crippen molar-refractivity contribution in [1.29, 1.82) is 0 Å². The van der Waals surface area contributed by atoms with Crippen molar-refractivity contribution in [2.24, 2.45) is 0 Å². The van der Waals surface area contributed by atoms with Crippen molar-refractivity contribution in [2.75, 3.05) is 6.54 Å². The highest BCUT2D eigenvalue weighted by atomic mass is 35.5. The highest BCUT2D eigenvalue weighted by Crippen LogP contribution is 2.26. The fourth-order valence-corrected chi connectivity index (χ4v) is 3.13. The Labute approximate surface area is 125 Å². The molecule has 0 bridgehead atoms. The molecule has 0 aliphatic carbocycles. The van der Waals surface area contributed by atoms with E-state index in [1.807, 2.05) is 24.3 Å². The molecule has 0 spiro atoms. The number of aromatic nitrogens is 2. The van der Waals surface area contributed by atoms with Crippen LogP contribution in [0.1, 0.15) is 24.2 Å². The van der Waals surface area contributed by atoms with E-state index >= 15 is 0 Å². The van der Waals surface area contributed by atoms with Crippen LogP contribution in [0.5, 0.6) is 0 Å². The fraction of sp³-hybridized carbons (Fsp3) is 0.385. The Morgan fingerprint density at radius 3 is 3.15 bits per heavy atom. The first-order chi connectivity index (χ1) is 9.70. The predicted octanol–water partition coefficient (Wildman–Crippen LogP) is 2.41. The lowest BCUT2D eigenvalue weighted by Gasteiger charge is -2.01. The molecule has 1 saturated heterocycles. The third kappa shape index (κ3) is 3.32. The van der Waals surface area contributed by atoms with Gasteiger partial charge in [-0.3, -0.25) is 0 Å². The largest absolute Gasteiger partial charge is 0.392 e. The maximum Gasteiger partial charge on any atom is 0.243 e. The normalized spacial score (nSPS) is 22.3. The van der Waals surface area contributed by atoms with Crippen LogP contribution in [0.25, 0.3) is 0 Å². The molecule has 20 heavy (non-hydrogen) atoms. The maximum absolute atomic E-state index is 9.48. The summed E-state index contributed by atoms with van der Waals surface area (Å²) in [6, 6.07) is 7.61. The summed E-state index contributed by atoms with van der Waals surface area (Å²) in [6.45, 7) is 0.569. The zero-order valence-electron chi connectivity index (χ0n) is 10.6. The topological polar surface area (TPSA) is 71.2 Å². The van der Waals surface area contributed by atoms with Crippen LogP contribution < -0.4 is 5.32 Å². The van der Waals surface area contributed by atoms with E-state index in [9.17, 15) is 5.11 Å². The van der Waals surface area contributed by atoms with Crippen molar-refractivity contribution >= 4 is 23.4 Å². The summed E-state index contributed by atoms with van der Waals surface area (Å²) in [6.07, 6.45) is 0.277. The molecule has 1 aromatic heterocycles. The summed E-state index contributed by atoms with van der Waals surface area (Å²) in [5, 5.41) is 17.3. The van der Waals surface area contributed by atoms with Gasteiger partial charge >= 0.3 is 0 Å². The minimum Gasteiger partial charge on any atom is -0.392 e. The van der Waals surface area contributed by atoms with Gasteiger partial charge in [0.1, 0.15) is 0 Å². The van der Waals surface area contributed by atoms with E-state index in [-0.39, 0.29) is 12.1 Å². The minimum atomic E-state index is -0.337. The summed E-state index contributed by atoms with van der Waals surface area (Å²) in [7, 11) is 0. The van der Waals surface area contributed by atoms with Gasteiger partial charge in [-0.2, -0.15) is 4.98 Å². The van der Waals surface area contributed by atoms with Crippen LogP contribution in [0.4, 0.5) is 0 Å². The molecule has 7 heteroatoms. The first-order valence-corrected chi connectivity index (χ1v) is 7.69. The lowest BCUT2D eigenvalue weighted by molar-refractivity contribution is 0.191. The molecule has 2 aromatic rings. The van der Waals surface area contributed by atoms with Crippen LogP contribution in [0.3, 0.4) is 0 Å². The van der Waals surface area contributed by atoms with Crippen LogP contribution in [-0.2, 0) is 5.75 Å². The number of thioether (sulfide) groups is 1. The summed E-state index contributed by atoms with van der Waals surface area (Å²) in [5.41, 5.74) is 0. The van der Waals surface area contributed by atoms with E-state index in [1.54, 1.807) is 11.8 Å². The van der Waals surface area contributed by atoms with Gasteiger partial charge in [0, 0.05) is 16.5 Å². The fourth-order valence-electron chi connectivity index (χ4n) is 2.08. The number of nitrogens with one attached hydrogen (secondary N) is 1.